The summed E-state index contributed by atoms with van der Waals surface area (Å²) in [5, 5.41) is 5.17. The summed E-state index contributed by atoms with van der Waals surface area (Å²) in [6.07, 6.45) is 0. The normalized spacial score (nSPS) is 13.6. The van der Waals surface area contributed by atoms with Crippen molar-refractivity contribution in [1.29, 1.82) is 0 Å². The number of hydrogen-bond acceptors (Lipinski definition) is 4. The maximum absolute atomic E-state index is 13.5. The van der Waals surface area contributed by atoms with Crippen molar-refractivity contribution in [3.05, 3.63) is 99.4 Å². The zero-order chi connectivity index (χ0) is 25.3. The molecule has 35 heavy (non-hydrogen) atoms. The minimum atomic E-state index is -0.777. The van der Waals surface area contributed by atoms with Crippen LogP contribution in [0.5, 0.6) is 0 Å². The molecular formula is C26H20Cl2FN3O3. The van der Waals surface area contributed by atoms with Gasteiger partial charge >= 0.3 is 0 Å². The first-order valence-electron chi connectivity index (χ1n) is 10.7. The quantitative estimate of drug-likeness (QED) is 0.381. The summed E-state index contributed by atoms with van der Waals surface area (Å²) in [5.74, 6) is -2.31. The molecule has 6 nitrogen and oxygen atoms in total. The van der Waals surface area contributed by atoms with Gasteiger partial charge in [-0.1, -0.05) is 61.3 Å². The van der Waals surface area contributed by atoms with Crippen molar-refractivity contribution in [2.75, 3.05) is 15.5 Å². The molecule has 0 spiro atoms. The van der Waals surface area contributed by atoms with Gasteiger partial charge in [-0.3, -0.25) is 14.4 Å². The van der Waals surface area contributed by atoms with E-state index in [1.54, 1.807) is 24.3 Å². The van der Waals surface area contributed by atoms with E-state index in [2.05, 4.69) is 10.6 Å². The average Bonchev–Trinajstić information content (AvgIpc) is 3.04. The molecule has 3 aromatic carbocycles. The molecular weight excluding hydrogens is 492 g/mol. The van der Waals surface area contributed by atoms with Crippen LogP contribution in [0.4, 0.5) is 21.5 Å². The minimum absolute atomic E-state index is 0.0818. The number of carbonyl (C=O) groups is 3. The van der Waals surface area contributed by atoms with Crippen LogP contribution < -0.4 is 15.5 Å². The fourth-order valence-electron chi connectivity index (χ4n) is 3.66. The fourth-order valence-corrected chi connectivity index (χ4v) is 4.05. The van der Waals surface area contributed by atoms with Gasteiger partial charge in [0.1, 0.15) is 16.5 Å². The van der Waals surface area contributed by atoms with E-state index in [9.17, 15) is 18.8 Å². The predicted molar refractivity (Wildman–Crippen MR) is 135 cm³/mol. The molecule has 0 saturated carbocycles. The van der Waals surface area contributed by atoms with Gasteiger partial charge in [-0.25, -0.2) is 9.29 Å². The van der Waals surface area contributed by atoms with Gasteiger partial charge in [-0.2, -0.15) is 0 Å². The number of imide groups is 1. The molecule has 3 aromatic rings. The van der Waals surface area contributed by atoms with Gasteiger partial charge in [0.05, 0.1) is 10.7 Å². The third-order valence-electron chi connectivity index (χ3n) is 5.41. The first-order valence-corrected chi connectivity index (χ1v) is 11.4. The van der Waals surface area contributed by atoms with Gasteiger partial charge in [0.2, 0.25) is 0 Å². The molecule has 0 atom stereocenters. The van der Waals surface area contributed by atoms with Crippen LogP contribution in [0.3, 0.4) is 0 Å². The van der Waals surface area contributed by atoms with E-state index >= 15 is 0 Å². The third-order valence-corrected chi connectivity index (χ3v) is 6.05. The number of para-hydroxylation sites is 1. The van der Waals surface area contributed by atoms with Gasteiger partial charge in [-0.15, -0.1) is 0 Å². The van der Waals surface area contributed by atoms with Crippen LogP contribution >= 0.6 is 23.2 Å². The van der Waals surface area contributed by atoms with Crippen LogP contribution in [0.2, 0.25) is 5.02 Å². The van der Waals surface area contributed by atoms with Crippen LogP contribution in [0.1, 0.15) is 35.7 Å². The first kappa shape index (κ1) is 24.4. The molecule has 0 aromatic heterocycles. The lowest BCUT2D eigenvalue weighted by atomic mass is 10.0. The molecule has 2 N–H and O–H groups in total. The topological polar surface area (TPSA) is 78.5 Å². The van der Waals surface area contributed by atoms with Crippen LogP contribution in [0.15, 0.2) is 77.5 Å². The summed E-state index contributed by atoms with van der Waals surface area (Å²) < 4.78 is 13.5. The fraction of sp³-hybridized carbons (Fsp3) is 0.115. The number of nitrogens with zero attached hydrogens (tertiary/aromatic N) is 1. The molecule has 1 aliphatic rings. The molecule has 0 bridgehead atoms. The highest BCUT2D eigenvalue weighted by Gasteiger charge is 2.39. The Hall–Kier alpha value is -3.68. The second-order valence-corrected chi connectivity index (χ2v) is 8.92. The van der Waals surface area contributed by atoms with Crippen molar-refractivity contribution in [3.8, 4) is 0 Å². The number of nitrogens with one attached hydrogen (secondary N) is 2. The molecule has 0 saturated heterocycles. The van der Waals surface area contributed by atoms with Crippen LogP contribution in [0, 0.1) is 5.82 Å². The number of halogens is 3. The van der Waals surface area contributed by atoms with Gasteiger partial charge in [0.25, 0.3) is 17.7 Å². The van der Waals surface area contributed by atoms with Crippen molar-refractivity contribution in [2.24, 2.45) is 0 Å². The maximum Gasteiger partial charge on any atom is 0.283 e. The second kappa shape index (κ2) is 9.90. The van der Waals surface area contributed by atoms with Crippen molar-refractivity contribution in [3.63, 3.8) is 0 Å². The standard InChI is InChI=1S/C26H20Cl2FN3O3/c1-14(2)18-8-3-4-9-21(18)31-24(33)15-6-5-7-16(12-15)30-23-22(28)25(34)32(26(23)35)17-10-11-20(29)19(27)13-17/h3-14,30H,1-2H3,(H,31,33). The molecule has 1 heterocycles. The number of amides is 3. The highest BCUT2D eigenvalue weighted by atomic mass is 35.5. The van der Waals surface area contributed by atoms with Crippen molar-refractivity contribution in [1.82, 2.24) is 0 Å². The summed E-state index contributed by atoms with van der Waals surface area (Å²) >= 11 is 12.0. The highest BCUT2D eigenvalue weighted by Crippen LogP contribution is 2.32. The molecule has 0 aliphatic carbocycles. The zero-order valence-electron chi connectivity index (χ0n) is 18.7. The molecule has 178 valence electrons. The summed E-state index contributed by atoms with van der Waals surface area (Å²) in [5.41, 5.74) is 2.34. The van der Waals surface area contributed by atoms with Crippen molar-refractivity contribution >= 4 is 58.0 Å². The summed E-state index contributed by atoms with van der Waals surface area (Å²) in [6, 6.07) is 17.5. The first-order chi connectivity index (χ1) is 16.7. The Kier molecular flexibility index (Phi) is 6.91. The molecule has 0 radical (unpaired) electrons. The number of rotatable bonds is 6. The predicted octanol–water partition coefficient (Wildman–Crippen LogP) is 6.29. The maximum atomic E-state index is 13.5. The van der Waals surface area contributed by atoms with Crippen LogP contribution in [-0.4, -0.2) is 17.7 Å². The monoisotopic (exact) mass is 511 g/mol. The lowest BCUT2D eigenvalue weighted by molar-refractivity contribution is -0.120. The minimum Gasteiger partial charge on any atom is -0.350 e. The van der Waals surface area contributed by atoms with E-state index in [0.29, 0.717) is 16.9 Å². The number of anilines is 3. The number of benzene rings is 3. The average molecular weight is 512 g/mol. The third kappa shape index (κ3) is 4.92. The van der Waals surface area contributed by atoms with E-state index in [4.69, 9.17) is 23.2 Å². The summed E-state index contributed by atoms with van der Waals surface area (Å²) in [6.45, 7) is 4.08. The molecule has 9 heteroatoms. The molecule has 3 amide bonds. The summed E-state index contributed by atoms with van der Waals surface area (Å²) in [7, 11) is 0. The van der Waals surface area contributed by atoms with Gasteiger partial charge in [0, 0.05) is 16.9 Å². The van der Waals surface area contributed by atoms with E-state index in [0.717, 1.165) is 16.5 Å². The summed E-state index contributed by atoms with van der Waals surface area (Å²) in [4.78, 5) is 39.3. The number of hydrogen-bond donors (Lipinski definition) is 2. The van der Waals surface area contributed by atoms with Crippen LogP contribution in [0.25, 0.3) is 0 Å². The van der Waals surface area contributed by atoms with Crippen LogP contribution in [-0.2, 0) is 9.59 Å². The highest BCUT2D eigenvalue weighted by molar-refractivity contribution is 6.53. The lowest BCUT2D eigenvalue weighted by Crippen LogP contribution is -2.32. The Morgan fingerprint density at radius 3 is 2.40 bits per heavy atom. The Morgan fingerprint density at radius 1 is 0.943 bits per heavy atom. The molecule has 0 fully saturated rings. The molecule has 1 aliphatic heterocycles. The van der Waals surface area contributed by atoms with Gasteiger partial charge in [-0.05, 0) is 53.9 Å². The Bertz CT molecular complexity index is 1390. The lowest BCUT2D eigenvalue weighted by Gasteiger charge is -2.16. The molecule has 0 unspecified atom stereocenters. The van der Waals surface area contributed by atoms with Crippen molar-refractivity contribution < 1.29 is 18.8 Å². The Balaban J connectivity index is 1.55. The van der Waals surface area contributed by atoms with Crippen molar-refractivity contribution in [2.45, 2.75) is 19.8 Å². The number of carbonyl (C=O) groups excluding carboxylic acids is 3. The van der Waals surface area contributed by atoms with E-state index in [-0.39, 0.29) is 33.3 Å². The van der Waals surface area contributed by atoms with E-state index < -0.39 is 17.6 Å². The van der Waals surface area contributed by atoms with E-state index in [1.165, 1.54) is 12.1 Å². The molecule has 4 rings (SSSR count). The largest absolute Gasteiger partial charge is 0.350 e. The SMILES string of the molecule is CC(C)c1ccccc1NC(=O)c1cccc(NC2=C(Cl)C(=O)N(c3ccc(F)c(Cl)c3)C2=O)c1. The van der Waals surface area contributed by atoms with Gasteiger partial charge < -0.3 is 10.6 Å². The smallest absolute Gasteiger partial charge is 0.283 e. The Labute approximate surface area is 211 Å². The van der Waals surface area contributed by atoms with E-state index in [1.807, 2.05) is 38.1 Å². The zero-order valence-corrected chi connectivity index (χ0v) is 20.2. The second-order valence-electron chi connectivity index (χ2n) is 8.13. The Morgan fingerprint density at radius 2 is 1.69 bits per heavy atom. The van der Waals surface area contributed by atoms with Gasteiger partial charge in [0.15, 0.2) is 0 Å².